The van der Waals surface area contributed by atoms with E-state index in [-0.39, 0.29) is 5.78 Å². The number of rotatable bonds is 1. The van der Waals surface area contributed by atoms with E-state index >= 15 is 0 Å². The van der Waals surface area contributed by atoms with Crippen molar-refractivity contribution in [3.8, 4) is 0 Å². The van der Waals surface area contributed by atoms with Gasteiger partial charge in [0, 0.05) is 0 Å². The lowest BCUT2D eigenvalue weighted by molar-refractivity contribution is -0.113. The van der Waals surface area contributed by atoms with Crippen molar-refractivity contribution in [2.75, 3.05) is 0 Å². The van der Waals surface area contributed by atoms with Gasteiger partial charge >= 0.3 is 0 Å². The molecular formula is C8H11FO. The maximum absolute atomic E-state index is 12.5. The molecule has 0 aromatic heterocycles. The summed E-state index contributed by atoms with van der Waals surface area (Å²) >= 11 is 0. The molecule has 1 nitrogen and oxygen atoms in total. The van der Waals surface area contributed by atoms with E-state index in [9.17, 15) is 9.18 Å². The van der Waals surface area contributed by atoms with Crippen LogP contribution < -0.4 is 0 Å². The largest absolute Gasteiger partial charge is 0.295 e. The molecule has 1 atom stereocenters. The van der Waals surface area contributed by atoms with E-state index in [1.165, 1.54) is 6.92 Å². The molecule has 1 aliphatic carbocycles. The Morgan fingerprint density at radius 1 is 1.80 bits per heavy atom. The van der Waals surface area contributed by atoms with Crippen LogP contribution in [0.5, 0.6) is 0 Å². The molecule has 0 saturated heterocycles. The summed E-state index contributed by atoms with van der Waals surface area (Å²) in [5.74, 6) is 0.0897. The second-order valence-corrected chi connectivity index (χ2v) is 2.66. The van der Waals surface area contributed by atoms with Crippen LogP contribution in [-0.4, -0.2) is 12.0 Å². The number of carbonyl (C=O) groups is 1. The highest BCUT2D eigenvalue weighted by Gasteiger charge is 2.14. The van der Waals surface area contributed by atoms with E-state index in [1.807, 2.05) is 0 Å². The quantitative estimate of drug-likeness (QED) is 0.547. The SMILES string of the molecule is CC(=O)C1=CCC(F)CC1. The lowest BCUT2D eigenvalue weighted by Gasteiger charge is -2.12. The summed E-state index contributed by atoms with van der Waals surface area (Å²) in [6.45, 7) is 1.53. The van der Waals surface area contributed by atoms with Gasteiger partial charge < -0.3 is 0 Å². The van der Waals surface area contributed by atoms with Crippen LogP contribution in [0.3, 0.4) is 0 Å². The van der Waals surface area contributed by atoms with Crippen LogP contribution in [0.25, 0.3) is 0 Å². The van der Waals surface area contributed by atoms with Crippen LogP contribution in [0.15, 0.2) is 11.6 Å². The molecule has 0 radical (unpaired) electrons. The Hall–Kier alpha value is -0.660. The first-order valence-electron chi connectivity index (χ1n) is 3.54. The van der Waals surface area contributed by atoms with E-state index in [4.69, 9.17) is 0 Å². The number of alkyl halides is 1. The fourth-order valence-electron chi connectivity index (χ4n) is 1.12. The van der Waals surface area contributed by atoms with Crippen molar-refractivity contribution in [2.45, 2.75) is 32.4 Å². The Kier molecular flexibility index (Phi) is 2.20. The predicted octanol–water partition coefficient (Wildman–Crippen LogP) is 2.02. The number of Topliss-reactive ketones (excluding diaryl/α,β-unsaturated/α-hetero) is 1. The first-order valence-corrected chi connectivity index (χ1v) is 3.54. The number of carbonyl (C=O) groups excluding carboxylic acids is 1. The molecule has 0 N–H and O–H groups in total. The number of halogens is 1. The smallest absolute Gasteiger partial charge is 0.155 e. The number of allylic oxidation sites excluding steroid dienone is 2. The zero-order valence-corrected chi connectivity index (χ0v) is 6.06. The molecule has 0 heterocycles. The second kappa shape index (κ2) is 2.95. The van der Waals surface area contributed by atoms with Crippen molar-refractivity contribution in [2.24, 2.45) is 0 Å². The standard InChI is InChI=1S/C8H11FO/c1-6(10)7-2-4-8(9)5-3-7/h2,8H,3-5H2,1H3. The molecule has 1 unspecified atom stereocenters. The summed E-state index contributed by atoms with van der Waals surface area (Å²) in [7, 11) is 0. The molecule has 0 aliphatic heterocycles. The summed E-state index contributed by atoms with van der Waals surface area (Å²) in [6, 6.07) is 0. The number of hydrogen-bond donors (Lipinski definition) is 0. The van der Waals surface area contributed by atoms with Gasteiger partial charge in [0.05, 0.1) is 0 Å². The van der Waals surface area contributed by atoms with Gasteiger partial charge in [-0.3, -0.25) is 4.79 Å². The minimum Gasteiger partial charge on any atom is -0.295 e. The summed E-state index contributed by atoms with van der Waals surface area (Å²) in [4.78, 5) is 10.7. The van der Waals surface area contributed by atoms with Crippen molar-refractivity contribution in [3.05, 3.63) is 11.6 Å². The monoisotopic (exact) mass is 142 g/mol. The second-order valence-electron chi connectivity index (χ2n) is 2.66. The Bertz CT molecular complexity index is 172. The molecule has 0 fully saturated rings. The average Bonchev–Trinajstić information content (AvgIpc) is 1.88. The molecular weight excluding hydrogens is 131 g/mol. The molecule has 0 amide bonds. The normalized spacial score (nSPS) is 25.8. The van der Waals surface area contributed by atoms with Crippen LogP contribution in [-0.2, 0) is 4.79 Å². The van der Waals surface area contributed by atoms with E-state index in [1.54, 1.807) is 6.08 Å². The highest BCUT2D eigenvalue weighted by atomic mass is 19.1. The molecule has 1 rings (SSSR count). The van der Waals surface area contributed by atoms with E-state index in [0.717, 1.165) is 5.57 Å². The van der Waals surface area contributed by atoms with E-state index < -0.39 is 6.17 Å². The van der Waals surface area contributed by atoms with Crippen molar-refractivity contribution in [1.82, 2.24) is 0 Å². The van der Waals surface area contributed by atoms with Gasteiger partial charge in [-0.15, -0.1) is 0 Å². The van der Waals surface area contributed by atoms with Crippen LogP contribution in [0, 0.1) is 0 Å². The number of ketones is 1. The molecule has 10 heavy (non-hydrogen) atoms. The molecule has 0 aromatic carbocycles. The van der Waals surface area contributed by atoms with Gasteiger partial charge in [-0.1, -0.05) is 6.08 Å². The van der Waals surface area contributed by atoms with Gasteiger partial charge in [-0.2, -0.15) is 0 Å². The topological polar surface area (TPSA) is 17.1 Å². The third-order valence-electron chi connectivity index (χ3n) is 1.80. The van der Waals surface area contributed by atoms with Gasteiger partial charge in [0.25, 0.3) is 0 Å². The molecule has 2 heteroatoms. The Balaban J connectivity index is 2.56. The zero-order chi connectivity index (χ0) is 7.56. The van der Waals surface area contributed by atoms with Crippen molar-refractivity contribution >= 4 is 5.78 Å². The zero-order valence-electron chi connectivity index (χ0n) is 6.06. The van der Waals surface area contributed by atoms with Crippen LogP contribution in [0.4, 0.5) is 4.39 Å². The molecule has 0 aromatic rings. The maximum Gasteiger partial charge on any atom is 0.155 e. The summed E-state index contributed by atoms with van der Waals surface area (Å²) < 4.78 is 12.5. The van der Waals surface area contributed by atoms with Gasteiger partial charge in [-0.05, 0) is 31.8 Å². The lowest BCUT2D eigenvalue weighted by Crippen LogP contribution is -2.09. The highest BCUT2D eigenvalue weighted by Crippen LogP contribution is 2.20. The Morgan fingerprint density at radius 2 is 2.50 bits per heavy atom. The number of hydrogen-bond acceptors (Lipinski definition) is 1. The van der Waals surface area contributed by atoms with Crippen LogP contribution in [0.1, 0.15) is 26.2 Å². The minimum atomic E-state index is -0.719. The first kappa shape index (κ1) is 7.45. The molecule has 1 aliphatic rings. The van der Waals surface area contributed by atoms with Gasteiger partial charge in [0.15, 0.2) is 5.78 Å². The van der Waals surface area contributed by atoms with Gasteiger partial charge in [0.1, 0.15) is 6.17 Å². The van der Waals surface area contributed by atoms with Gasteiger partial charge in [0.2, 0.25) is 0 Å². The third-order valence-corrected chi connectivity index (χ3v) is 1.80. The first-order chi connectivity index (χ1) is 4.70. The maximum atomic E-state index is 12.5. The molecule has 0 spiro atoms. The minimum absolute atomic E-state index is 0.0897. The van der Waals surface area contributed by atoms with E-state index in [2.05, 4.69) is 0 Å². The predicted molar refractivity (Wildman–Crippen MR) is 37.5 cm³/mol. The lowest BCUT2D eigenvalue weighted by atomic mass is 9.96. The van der Waals surface area contributed by atoms with Gasteiger partial charge in [-0.25, -0.2) is 4.39 Å². The van der Waals surface area contributed by atoms with Crippen LogP contribution in [0.2, 0.25) is 0 Å². The third kappa shape index (κ3) is 1.66. The van der Waals surface area contributed by atoms with Crippen molar-refractivity contribution in [1.29, 1.82) is 0 Å². The highest BCUT2D eigenvalue weighted by molar-refractivity contribution is 5.93. The Morgan fingerprint density at radius 3 is 2.90 bits per heavy atom. The summed E-state index contributed by atoms with van der Waals surface area (Å²) in [6.07, 6.45) is 2.57. The summed E-state index contributed by atoms with van der Waals surface area (Å²) in [5, 5.41) is 0. The average molecular weight is 142 g/mol. The molecule has 56 valence electrons. The van der Waals surface area contributed by atoms with Crippen molar-refractivity contribution < 1.29 is 9.18 Å². The molecule has 0 bridgehead atoms. The Labute approximate surface area is 59.9 Å². The summed E-state index contributed by atoms with van der Waals surface area (Å²) in [5.41, 5.74) is 0.800. The fraction of sp³-hybridized carbons (Fsp3) is 0.625. The fourth-order valence-corrected chi connectivity index (χ4v) is 1.12. The van der Waals surface area contributed by atoms with Crippen molar-refractivity contribution in [3.63, 3.8) is 0 Å². The molecule has 0 saturated carbocycles. The van der Waals surface area contributed by atoms with Crippen LogP contribution >= 0.6 is 0 Å². The van der Waals surface area contributed by atoms with E-state index in [0.29, 0.717) is 19.3 Å².